The summed E-state index contributed by atoms with van der Waals surface area (Å²) in [6.07, 6.45) is 7.67. The van der Waals surface area contributed by atoms with Gasteiger partial charge in [-0.2, -0.15) is 0 Å². The van der Waals surface area contributed by atoms with Gasteiger partial charge in [0.15, 0.2) is 0 Å². The summed E-state index contributed by atoms with van der Waals surface area (Å²) in [6.45, 7) is 2.98. The molecule has 1 atom stereocenters. The highest BCUT2D eigenvalue weighted by molar-refractivity contribution is 5.80. The van der Waals surface area contributed by atoms with E-state index in [1.807, 2.05) is 41.9 Å². The number of carbonyl (C=O) groups excluding carboxylic acids is 1. The van der Waals surface area contributed by atoms with E-state index in [9.17, 15) is 14.7 Å². The van der Waals surface area contributed by atoms with E-state index in [0.717, 1.165) is 24.2 Å². The summed E-state index contributed by atoms with van der Waals surface area (Å²) in [7, 11) is 0. The zero-order chi connectivity index (χ0) is 17.9. The van der Waals surface area contributed by atoms with Crippen molar-refractivity contribution in [3.63, 3.8) is 0 Å². The second kappa shape index (κ2) is 7.25. The van der Waals surface area contributed by atoms with Gasteiger partial charge in [0.1, 0.15) is 5.65 Å². The van der Waals surface area contributed by atoms with E-state index in [2.05, 4.69) is 4.98 Å². The maximum Gasteiger partial charge on any atom is 0.311 e. The van der Waals surface area contributed by atoms with Gasteiger partial charge in [-0.25, -0.2) is 4.98 Å². The lowest BCUT2D eigenvalue weighted by Gasteiger charge is -2.40. The monoisotopic (exact) mass is 343 g/mol. The summed E-state index contributed by atoms with van der Waals surface area (Å²) in [6, 6.07) is 5.81. The standard InChI is InChI=1S/C19H25N3O3/c1-2-9-19(18(24)25)10-5-12-22(14-19)17(23)8-7-15-13-21-11-4-3-6-16(21)20-15/h3-4,6,11,13H,2,5,7-10,12,14H2,1H3,(H,24,25). The van der Waals surface area contributed by atoms with Crippen molar-refractivity contribution in [2.45, 2.75) is 45.4 Å². The number of aromatic nitrogens is 2. The van der Waals surface area contributed by atoms with Gasteiger partial charge in [0.05, 0.1) is 11.1 Å². The third-order valence-electron chi connectivity index (χ3n) is 5.12. The van der Waals surface area contributed by atoms with Gasteiger partial charge in [0.2, 0.25) is 5.91 Å². The number of piperidine rings is 1. The Morgan fingerprint density at radius 2 is 2.20 bits per heavy atom. The lowest BCUT2D eigenvalue weighted by molar-refractivity contribution is -0.155. The zero-order valence-corrected chi connectivity index (χ0v) is 14.6. The van der Waals surface area contributed by atoms with Crippen molar-refractivity contribution in [3.8, 4) is 0 Å². The SMILES string of the molecule is CCCC1(C(=O)O)CCCN(C(=O)CCc2cn3ccccc3n2)C1. The van der Waals surface area contributed by atoms with Crippen molar-refractivity contribution in [1.29, 1.82) is 0 Å². The number of aryl methyl sites for hydroxylation is 1. The average Bonchev–Trinajstić information content (AvgIpc) is 3.03. The molecule has 0 bridgehead atoms. The number of nitrogens with zero attached hydrogens (tertiary/aromatic N) is 3. The second-order valence-electron chi connectivity index (χ2n) is 6.95. The largest absolute Gasteiger partial charge is 0.481 e. The minimum atomic E-state index is -0.772. The number of aliphatic carboxylic acids is 1. The maximum absolute atomic E-state index is 12.6. The molecule has 1 amide bonds. The van der Waals surface area contributed by atoms with Crippen LogP contribution in [-0.2, 0) is 16.0 Å². The molecule has 1 unspecified atom stereocenters. The van der Waals surface area contributed by atoms with Crippen molar-refractivity contribution in [3.05, 3.63) is 36.3 Å². The molecule has 0 radical (unpaired) electrons. The first-order valence-corrected chi connectivity index (χ1v) is 8.98. The van der Waals surface area contributed by atoms with Gasteiger partial charge >= 0.3 is 5.97 Å². The Bertz CT molecular complexity index is 733. The van der Waals surface area contributed by atoms with Gasteiger partial charge in [0.25, 0.3) is 0 Å². The fourth-order valence-electron chi connectivity index (χ4n) is 3.81. The molecule has 1 saturated heterocycles. The molecule has 0 aliphatic carbocycles. The summed E-state index contributed by atoms with van der Waals surface area (Å²) in [5.41, 5.74) is 0.983. The first-order valence-electron chi connectivity index (χ1n) is 8.98. The fourth-order valence-corrected chi connectivity index (χ4v) is 3.81. The number of carboxylic acid groups (broad SMARTS) is 1. The van der Waals surface area contributed by atoms with Crippen LogP contribution < -0.4 is 0 Å². The first-order chi connectivity index (χ1) is 12.0. The van der Waals surface area contributed by atoms with E-state index >= 15 is 0 Å². The summed E-state index contributed by atoms with van der Waals surface area (Å²) in [4.78, 5) is 30.6. The summed E-state index contributed by atoms with van der Waals surface area (Å²) >= 11 is 0. The average molecular weight is 343 g/mol. The molecule has 1 N–H and O–H groups in total. The third-order valence-corrected chi connectivity index (χ3v) is 5.12. The highest BCUT2D eigenvalue weighted by atomic mass is 16.4. The lowest BCUT2D eigenvalue weighted by Crippen LogP contribution is -2.50. The van der Waals surface area contributed by atoms with Crippen LogP contribution in [0.15, 0.2) is 30.6 Å². The molecular weight excluding hydrogens is 318 g/mol. The molecule has 3 rings (SSSR count). The molecule has 6 heteroatoms. The lowest BCUT2D eigenvalue weighted by atomic mass is 9.76. The number of hydrogen-bond acceptors (Lipinski definition) is 3. The molecule has 0 saturated carbocycles. The minimum absolute atomic E-state index is 0.0264. The summed E-state index contributed by atoms with van der Waals surface area (Å²) < 4.78 is 1.94. The third kappa shape index (κ3) is 3.67. The topological polar surface area (TPSA) is 74.9 Å². The van der Waals surface area contributed by atoms with Crippen LogP contribution in [0.25, 0.3) is 5.65 Å². The van der Waals surface area contributed by atoms with Gasteiger partial charge in [-0.3, -0.25) is 9.59 Å². The first kappa shape index (κ1) is 17.5. The van der Waals surface area contributed by atoms with E-state index < -0.39 is 11.4 Å². The number of rotatable bonds is 6. The van der Waals surface area contributed by atoms with Crippen LogP contribution >= 0.6 is 0 Å². The molecule has 2 aromatic rings. The van der Waals surface area contributed by atoms with Crippen LogP contribution in [0.3, 0.4) is 0 Å². The number of carboxylic acids is 1. The maximum atomic E-state index is 12.6. The van der Waals surface area contributed by atoms with Crippen molar-refractivity contribution in [1.82, 2.24) is 14.3 Å². The summed E-state index contributed by atoms with van der Waals surface area (Å²) in [5, 5.41) is 9.66. The zero-order valence-electron chi connectivity index (χ0n) is 14.6. The normalized spacial score (nSPS) is 20.8. The number of fused-ring (bicyclic) bond motifs is 1. The molecule has 3 heterocycles. The fraction of sp³-hybridized carbons (Fsp3) is 0.526. The number of carbonyl (C=O) groups is 2. The summed E-state index contributed by atoms with van der Waals surface area (Å²) in [5.74, 6) is -0.745. The van der Waals surface area contributed by atoms with Crippen LogP contribution in [0.4, 0.5) is 0 Å². The Balaban J connectivity index is 1.63. The molecule has 1 fully saturated rings. The van der Waals surface area contributed by atoms with Crippen LogP contribution in [0.5, 0.6) is 0 Å². The van der Waals surface area contributed by atoms with Crippen LogP contribution in [0.2, 0.25) is 0 Å². The molecule has 25 heavy (non-hydrogen) atoms. The van der Waals surface area contributed by atoms with Crippen LogP contribution in [0.1, 0.15) is 44.7 Å². The Morgan fingerprint density at radius 1 is 1.36 bits per heavy atom. The number of amides is 1. The van der Waals surface area contributed by atoms with Crippen molar-refractivity contribution >= 4 is 17.5 Å². The van der Waals surface area contributed by atoms with Crippen LogP contribution in [0, 0.1) is 5.41 Å². The van der Waals surface area contributed by atoms with Gasteiger partial charge in [-0.1, -0.05) is 19.4 Å². The van der Waals surface area contributed by atoms with Gasteiger partial charge in [0, 0.05) is 31.9 Å². The number of imidazole rings is 1. The van der Waals surface area contributed by atoms with Crippen molar-refractivity contribution in [2.75, 3.05) is 13.1 Å². The van der Waals surface area contributed by atoms with E-state index in [0.29, 0.717) is 38.8 Å². The molecule has 1 aliphatic heterocycles. The highest BCUT2D eigenvalue weighted by Gasteiger charge is 2.42. The predicted molar refractivity (Wildman–Crippen MR) is 94.3 cm³/mol. The molecule has 1 aliphatic rings. The van der Waals surface area contributed by atoms with E-state index in [1.54, 1.807) is 4.90 Å². The minimum Gasteiger partial charge on any atom is -0.481 e. The van der Waals surface area contributed by atoms with E-state index in [4.69, 9.17) is 0 Å². The molecule has 2 aromatic heterocycles. The molecule has 0 spiro atoms. The van der Waals surface area contributed by atoms with Gasteiger partial charge in [-0.15, -0.1) is 0 Å². The number of pyridine rings is 1. The second-order valence-corrected chi connectivity index (χ2v) is 6.95. The smallest absolute Gasteiger partial charge is 0.311 e. The Labute approximate surface area is 147 Å². The van der Waals surface area contributed by atoms with Crippen molar-refractivity contribution in [2.24, 2.45) is 5.41 Å². The number of hydrogen-bond donors (Lipinski definition) is 1. The van der Waals surface area contributed by atoms with Gasteiger partial charge in [-0.05, 0) is 37.8 Å². The Morgan fingerprint density at radius 3 is 2.92 bits per heavy atom. The predicted octanol–water partition coefficient (Wildman–Crippen LogP) is 2.76. The molecule has 0 aromatic carbocycles. The quantitative estimate of drug-likeness (QED) is 0.875. The van der Waals surface area contributed by atoms with Crippen LogP contribution in [-0.4, -0.2) is 44.4 Å². The van der Waals surface area contributed by atoms with E-state index in [1.165, 1.54) is 0 Å². The Kier molecular flexibility index (Phi) is 5.06. The Hall–Kier alpha value is -2.37. The highest BCUT2D eigenvalue weighted by Crippen LogP contribution is 2.35. The number of likely N-dealkylation sites (tertiary alicyclic amines) is 1. The van der Waals surface area contributed by atoms with E-state index in [-0.39, 0.29) is 5.91 Å². The molecule has 6 nitrogen and oxygen atoms in total. The molecular formula is C19H25N3O3. The van der Waals surface area contributed by atoms with Gasteiger partial charge < -0.3 is 14.4 Å². The molecule has 134 valence electrons. The van der Waals surface area contributed by atoms with Crippen molar-refractivity contribution < 1.29 is 14.7 Å².